The lowest BCUT2D eigenvalue weighted by molar-refractivity contribution is 0.0677. The van der Waals surface area contributed by atoms with Crippen LogP contribution in [0.1, 0.15) is 35.6 Å². The van der Waals surface area contributed by atoms with Gasteiger partial charge in [-0.05, 0) is 37.0 Å². The number of carbonyl (C=O) groups is 1. The highest BCUT2D eigenvalue weighted by Gasteiger charge is 2.31. The van der Waals surface area contributed by atoms with Crippen LogP contribution in [-0.2, 0) is 6.42 Å². The maximum Gasteiger partial charge on any atom is 0.267 e. The van der Waals surface area contributed by atoms with Gasteiger partial charge in [0.25, 0.3) is 5.91 Å². The second-order valence-corrected chi connectivity index (χ2v) is 7.02. The number of aryl methyl sites for hydroxylation is 1. The van der Waals surface area contributed by atoms with E-state index in [2.05, 4.69) is 34.4 Å². The fraction of sp³-hybridized carbons (Fsp3) is 0.500. The van der Waals surface area contributed by atoms with Crippen LogP contribution < -0.4 is 9.64 Å². The second kappa shape index (κ2) is 7.82. The molecule has 1 atom stereocenters. The fourth-order valence-electron chi connectivity index (χ4n) is 3.27. The molecule has 1 aliphatic rings. The number of para-hydroxylation sites is 2. The van der Waals surface area contributed by atoms with E-state index in [-0.39, 0.29) is 11.9 Å². The highest BCUT2D eigenvalue weighted by molar-refractivity contribution is 7.08. The van der Waals surface area contributed by atoms with Gasteiger partial charge in [-0.3, -0.25) is 4.79 Å². The molecule has 0 N–H and O–H groups in total. The molecule has 1 aliphatic heterocycles. The highest BCUT2D eigenvalue weighted by atomic mass is 32.1. The standard InChI is InChI=1S/C18H24N4O2S/c1-4-7-14-17(25-20-19-14)18(23)22-11-10-21(12-13(22)2)15-8-5-6-9-16(15)24-3/h5-6,8-9,13H,4,7,10-12H2,1-3H3. The Labute approximate surface area is 152 Å². The molecule has 1 fully saturated rings. The Balaban J connectivity index is 1.73. The Morgan fingerprint density at radius 3 is 2.88 bits per heavy atom. The molecule has 0 spiro atoms. The third-order valence-corrected chi connectivity index (χ3v) is 5.31. The summed E-state index contributed by atoms with van der Waals surface area (Å²) in [6.07, 6.45) is 1.76. The summed E-state index contributed by atoms with van der Waals surface area (Å²) < 4.78 is 9.46. The van der Waals surface area contributed by atoms with E-state index in [1.54, 1.807) is 7.11 Å². The number of benzene rings is 1. The highest BCUT2D eigenvalue weighted by Crippen LogP contribution is 2.30. The minimum absolute atomic E-state index is 0.0608. The molecule has 1 amide bonds. The van der Waals surface area contributed by atoms with Crippen molar-refractivity contribution >= 4 is 23.1 Å². The molecule has 134 valence electrons. The molecule has 2 heterocycles. The number of hydrogen-bond acceptors (Lipinski definition) is 6. The summed E-state index contributed by atoms with van der Waals surface area (Å²) in [7, 11) is 1.69. The lowest BCUT2D eigenvalue weighted by Gasteiger charge is -2.41. The second-order valence-electron chi connectivity index (χ2n) is 6.26. The summed E-state index contributed by atoms with van der Waals surface area (Å²) in [4.78, 5) is 17.9. The summed E-state index contributed by atoms with van der Waals surface area (Å²) in [5, 5.41) is 4.13. The molecule has 1 unspecified atom stereocenters. The number of anilines is 1. The largest absolute Gasteiger partial charge is 0.495 e. The number of methoxy groups -OCH3 is 1. The first kappa shape index (κ1) is 17.7. The van der Waals surface area contributed by atoms with Crippen molar-refractivity contribution < 1.29 is 9.53 Å². The van der Waals surface area contributed by atoms with Crippen LogP contribution in [0.15, 0.2) is 24.3 Å². The van der Waals surface area contributed by atoms with E-state index in [1.165, 1.54) is 11.5 Å². The zero-order valence-electron chi connectivity index (χ0n) is 14.9. The minimum atomic E-state index is 0.0608. The lowest BCUT2D eigenvalue weighted by atomic mass is 10.1. The summed E-state index contributed by atoms with van der Waals surface area (Å²) >= 11 is 1.21. The van der Waals surface area contributed by atoms with Gasteiger partial charge >= 0.3 is 0 Å². The monoisotopic (exact) mass is 360 g/mol. The molecule has 25 heavy (non-hydrogen) atoms. The lowest BCUT2D eigenvalue weighted by Crippen LogP contribution is -2.54. The maximum atomic E-state index is 12.9. The Hall–Kier alpha value is -2.15. The first-order chi connectivity index (χ1) is 12.2. The molecular weight excluding hydrogens is 336 g/mol. The molecule has 6 nitrogen and oxygen atoms in total. The van der Waals surface area contributed by atoms with Crippen molar-refractivity contribution in [2.24, 2.45) is 0 Å². The van der Waals surface area contributed by atoms with Gasteiger partial charge in [0.05, 0.1) is 18.5 Å². The van der Waals surface area contributed by atoms with Crippen molar-refractivity contribution in [3.8, 4) is 5.75 Å². The average molecular weight is 360 g/mol. The normalized spacial score (nSPS) is 17.6. The topological polar surface area (TPSA) is 58.6 Å². The van der Waals surface area contributed by atoms with Gasteiger partial charge in [0.2, 0.25) is 0 Å². The molecule has 1 aromatic heterocycles. The SMILES string of the molecule is CCCc1nnsc1C(=O)N1CCN(c2ccccc2OC)CC1C. The van der Waals surface area contributed by atoms with Crippen molar-refractivity contribution in [3.63, 3.8) is 0 Å². The number of nitrogens with zero attached hydrogens (tertiary/aromatic N) is 4. The van der Waals surface area contributed by atoms with Crippen LogP contribution in [0.5, 0.6) is 5.75 Å². The van der Waals surface area contributed by atoms with Crippen LogP contribution in [0.2, 0.25) is 0 Å². The van der Waals surface area contributed by atoms with E-state index in [9.17, 15) is 4.79 Å². The minimum Gasteiger partial charge on any atom is -0.495 e. The number of aromatic nitrogens is 2. The van der Waals surface area contributed by atoms with Crippen LogP contribution >= 0.6 is 11.5 Å². The molecule has 1 aromatic carbocycles. The van der Waals surface area contributed by atoms with Crippen LogP contribution in [0.4, 0.5) is 5.69 Å². The molecule has 2 aromatic rings. The fourth-order valence-corrected chi connectivity index (χ4v) is 3.94. The summed E-state index contributed by atoms with van der Waals surface area (Å²) in [6.45, 7) is 6.42. The van der Waals surface area contributed by atoms with Gasteiger partial charge in [-0.2, -0.15) is 0 Å². The summed E-state index contributed by atoms with van der Waals surface area (Å²) in [5.41, 5.74) is 1.91. The van der Waals surface area contributed by atoms with Crippen molar-refractivity contribution in [2.45, 2.75) is 32.7 Å². The van der Waals surface area contributed by atoms with Crippen LogP contribution in [0.25, 0.3) is 0 Å². The Morgan fingerprint density at radius 2 is 2.16 bits per heavy atom. The smallest absolute Gasteiger partial charge is 0.267 e. The molecule has 7 heteroatoms. The first-order valence-corrected chi connectivity index (χ1v) is 9.43. The Kier molecular flexibility index (Phi) is 5.53. The molecule has 0 saturated carbocycles. The molecular formula is C18H24N4O2S. The number of hydrogen-bond donors (Lipinski definition) is 0. The molecule has 1 saturated heterocycles. The van der Waals surface area contributed by atoms with E-state index >= 15 is 0 Å². The molecule has 3 rings (SSSR count). The summed E-state index contributed by atoms with van der Waals surface area (Å²) in [5.74, 6) is 0.928. The van der Waals surface area contributed by atoms with Gasteiger partial charge in [-0.1, -0.05) is 30.0 Å². The van der Waals surface area contributed by atoms with Crippen LogP contribution in [0.3, 0.4) is 0 Å². The van der Waals surface area contributed by atoms with Crippen molar-refractivity contribution in [3.05, 3.63) is 34.8 Å². The van der Waals surface area contributed by atoms with Gasteiger partial charge in [-0.15, -0.1) is 5.10 Å². The molecule has 0 bridgehead atoms. The zero-order valence-corrected chi connectivity index (χ0v) is 15.8. The van der Waals surface area contributed by atoms with Gasteiger partial charge in [-0.25, -0.2) is 0 Å². The van der Waals surface area contributed by atoms with E-state index in [0.717, 1.165) is 43.1 Å². The Morgan fingerprint density at radius 1 is 1.36 bits per heavy atom. The number of amides is 1. The molecule has 0 aliphatic carbocycles. The van der Waals surface area contributed by atoms with Gasteiger partial charge in [0.1, 0.15) is 10.6 Å². The van der Waals surface area contributed by atoms with E-state index < -0.39 is 0 Å². The summed E-state index contributed by atoms with van der Waals surface area (Å²) in [6, 6.07) is 8.13. The number of rotatable bonds is 5. The average Bonchev–Trinajstić information content (AvgIpc) is 3.09. The van der Waals surface area contributed by atoms with Gasteiger partial charge in [0.15, 0.2) is 0 Å². The molecule has 0 radical (unpaired) electrons. The predicted molar refractivity (Wildman–Crippen MR) is 99.6 cm³/mol. The van der Waals surface area contributed by atoms with Crippen molar-refractivity contribution in [1.82, 2.24) is 14.5 Å². The van der Waals surface area contributed by atoms with E-state index in [4.69, 9.17) is 4.74 Å². The third kappa shape index (κ3) is 3.61. The van der Waals surface area contributed by atoms with E-state index in [0.29, 0.717) is 11.4 Å². The predicted octanol–water partition coefficient (Wildman–Crippen LogP) is 2.85. The van der Waals surface area contributed by atoms with E-state index in [1.807, 2.05) is 23.1 Å². The third-order valence-electron chi connectivity index (χ3n) is 4.55. The van der Waals surface area contributed by atoms with Crippen molar-refractivity contribution in [2.75, 3.05) is 31.6 Å². The first-order valence-electron chi connectivity index (χ1n) is 8.65. The Bertz CT molecular complexity index is 733. The van der Waals surface area contributed by atoms with Gasteiger partial charge in [0, 0.05) is 25.7 Å². The number of piperazine rings is 1. The zero-order chi connectivity index (χ0) is 17.8. The number of carbonyl (C=O) groups excluding carboxylic acids is 1. The maximum absolute atomic E-state index is 12.9. The quantitative estimate of drug-likeness (QED) is 0.821. The number of ether oxygens (including phenoxy) is 1. The van der Waals surface area contributed by atoms with Gasteiger partial charge < -0.3 is 14.5 Å². The van der Waals surface area contributed by atoms with Crippen LogP contribution in [0, 0.1) is 0 Å². The van der Waals surface area contributed by atoms with Crippen molar-refractivity contribution in [1.29, 1.82) is 0 Å². The van der Waals surface area contributed by atoms with Crippen LogP contribution in [-0.4, -0.2) is 53.2 Å².